The fraction of sp³-hybridized carbons (Fsp3) is 0.938. The van der Waals surface area contributed by atoms with Crippen molar-refractivity contribution >= 4 is 17.8 Å². The molecule has 3 rings (SSSR count). The number of ether oxygens (including phenoxy) is 6. The zero-order valence-corrected chi connectivity index (χ0v) is 64.9. The van der Waals surface area contributed by atoms with Crippen LogP contribution in [-0.4, -0.2) is 215 Å². The molecule has 3 fully saturated rings. The second-order valence-corrected chi connectivity index (χ2v) is 30.7. The summed E-state index contributed by atoms with van der Waals surface area (Å²) in [5, 5.41) is 137. The highest BCUT2D eigenvalue weighted by Crippen LogP contribution is 2.39. The van der Waals surface area contributed by atoms with E-state index in [0.29, 0.717) is 12.8 Å². The molecule has 104 heavy (non-hydrogen) atoms. The van der Waals surface area contributed by atoms with Crippen molar-refractivity contribution in [3.05, 3.63) is 12.2 Å². The second-order valence-electron chi connectivity index (χ2n) is 30.7. The molecule has 2 amide bonds. The van der Waals surface area contributed by atoms with Crippen molar-refractivity contribution in [2.75, 3.05) is 26.4 Å². The lowest BCUT2D eigenvalue weighted by Crippen LogP contribution is -2.70. The predicted octanol–water partition coefficient (Wildman–Crippen LogP) is 11.7. The second kappa shape index (κ2) is 60.2. The van der Waals surface area contributed by atoms with E-state index < -0.39 is 155 Å². The van der Waals surface area contributed by atoms with Crippen molar-refractivity contribution < 1.29 is 104 Å². The van der Waals surface area contributed by atoms with Gasteiger partial charge < -0.3 is 100 Å². The van der Waals surface area contributed by atoms with Crippen molar-refractivity contribution in [1.82, 2.24) is 10.6 Å². The first-order chi connectivity index (χ1) is 50.4. The summed E-state index contributed by atoms with van der Waals surface area (Å²) in [4.78, 5) is 38.7. The number of carbonyl (C=O) groups excluding carboxylic acids is 2. The molecule has 23 heteroatoms. The predicted molar refractivity (Wildman–Crippen MR) is 403 cm³/mol. The van der Waals surface area contributed by atoms with Gasteiger partial charge in [-0.05, 0) is 19.3 Å². The minimum atomic E-state index is -3.08. The standard InChI is InChI=1S/C81H152N2O21/c1-4-6-8-10-12-14-16-18-20-22-24-26-28-30-31-33-35-37-39-41-43-45-47-49-51-53-55-68(91)83-62(63(88)54-52-50-48-46-44-42-40-38-36-34-32-29-27-25-23-21-19-17-15-13-11-9-7-5-2)60-99-78-73(95)72(94)75(67(59-86)101-78)102-79-74(96)77(71(93)66(58-85)100-79)104-81(80(97)98)56-64(89)69(82-61(3)87)76(103-81)70(92)65(90)57-84/h52,54,62-67,69-79,84-86,88-90,92-96H,4-51,53,55-60H2,1-3H3,(H,82,87)(H,83,91)(H,97,98)/b54-52+. The maximum Gasteiger partial charge on any atom is 0.364 e. The third-order valence-corrected chi connectivity index (χ3v) is 21.5. The lowest BCUT2D eigenvalue weighted by atomic mass is 9.88. The van der Waals surface area contributed by atoms with Crippen molar-refractivity contribution in [3.8, 4) is 0 Å². The van der Waals surface area contributed by atoms with Crippen molar-refractivity contribution in [2.45, 2.75) is 458 Å². The summed E-state index contributed by atoms with van der Waals surface area (Å²) in [7, 11) is 0. The summed E-state index contributed by atoms with van der Waals surface area (Å²) in [6, 6.07) is -2.62. The number of hydrogen-bond donors (Lipinski definition) is 14. The minimum Gasteiger partial charge on any atom is -0.477 e. The Morgan fingerprint density at radius 1 is 0.500 bits per heavy atom. The van der Waals surface area contributed by atoms with Gasteiger partial charge in [0.05, 0.1) is 50.7 Å². The average Bonchev–Trinajstić information content (AvgIpc) is 0.756. The van der Waals surface area contributed by atoms with Crippen molar-refractivity contribution in [3.63, 3.8) is 0 Å². The first kappa shape index (κ1) is 95.7. The number of rotatable bonds is 67. The number of nitrogens with one attached hydrogen (secondary N) is 2. The number of carboxylic acids is 1. The Labute approximate surface area is 626 Å². The molecule has 14 N–H and O–H groups in total. The van der Waals surface area contributed by atoms with Crippen LogP contribution >= 0.6 is 0 Å². The van der Waals surface area contributed by atoms with E-state index in [1.807, 2.05) is 6.08 Å². The minimum absolute atomic E-state index is 0.206. The summed E-state index contributed by atoms with van der Waals surface area (Å²) in [5.74, 6) is -6.13. The van der Waals surface area contributed by atoms with Crippen LogP contribution in [0.2, 0.25) is 0 Å². The number of amides is 2. The molecular formula is C81H152N2O21. The molecule has 0 aromatic rings. The van der Waals surface area contributed by atoms with E-state index in [1.165, 1.54) is 257 Å². The summed E-state index contributed by atoms with van der Waals surface area (Å²) >= 11 is 0. The first-order valence-electron chi connectivity index (χ1n) is 42.1. The summed E-state index contributed by atoms with van der Waals surface area (Å²) in [6.07, 6.45) is 36.8. The number of aliphatic carboxylic acids is 1. The molecule has 0 aliphatic carbocycles. The van der Waals surface area contributed by atoms with Crippen LogP contribution in [0.15, 0.2) is 12.2 Å². The van der Waals surface area contributed by atoms with Gasteiger partial charge in [-0.3, -0.25) is 9.59 Å². The van der Waals surface area contributed by atoms with E-state index in [2.05, 4.69) is 24.5 Å². The van der Waals surface area contributed by atoms with Gasteiger partial charge in [0.1, 0.15) is 67.1 Å². The van der Waals surface area contributed by atoms with E-state index in [1.54, 1.807) is 6.08 Å². The van der Waals surface area contributed by atoms with Crippen LogP contribution in [0.5, 0.6) is 0 Å². The molecule has 3 heterocycles. The van der Waals surface area contributed by atoms with E-state index in [4.69, 9.17) is 28.4 Å². The van der Waals surface area contributed by atoms with Crippen LogP contribution in [0.1, 0.15) is 348 Å². The van der Waals surface area contributed by atoms with Crippen molar-refractivity contribution in [1.29, 1.82) is 0 Å². The zero-order chi connectivity index (χ0) is 76.0. The normalized spacial score (nSPS) is 26.4. The van der Waals surface area contributed by atoms with E-state index in [-0.39, 0.29) is 12.3 Å². The highest BCUT2D eigenvalue weighted by atomic mass is 16.8. The maximum absolute atomic E-state index is 13.6. The SMILES string of the molecule is CCCCCCCCCCCCCCCCCCCCCCCC/C=C/C(O)C(COC1OC(CO)C(OC2OC(CO)C(O)C(OC3(C(=O)O)CC(O)C(NC(C)=O)C(C(O)C(O)CO)O3)C2O)C(O)C1O)NC(=O)CCCCCCCCCCCCCCCCCCCCCCCCCCCC. The molecule has 23 nitrogen and oxygen atoms in total. The highest BCUT2D eigenvalue weighted by molar-refractivity contribution is 5.77. The van der Waals surface area contributed by atoms with Gasteiger partial charge in [0.25, 0.3) is 5.79 Å². The molecular weight excluding hydrogens is 1340 g/mol. The van der Waals surface area contributed by atoms with Gasteiger partial charge in [-0.2, -0.15) is 0 Å². The molecule has 0 saturated carbocycles. The molecule has 3 aliphatic heterocycles. The molecule has 18 unspecified atom stereocenters. The molecule has 3 saturated heterocycles. The molecule has 0 aromatic heterocycles. The molecule has 0 radical (unpaired) electrons. The van der Waals surface area contributed by atoms with Crippen LogP contribution in [-0.2, 0) is 42.8 Å². The Bertz CT molecular complexity index is 2120. The molecule has 0 aromatic carbocycles. The molecule has 0 spiro atoms. The Morgan fingerprint density at radius 2 is 0.894 bits per heavy atom. The topological polar surface area (TPSA) is 373 Å². The lowest BCUT2D eigenvalue weighted by Gasteiger charge is -2.50. The van der Waals surface area contributed by atoms with Crippen LogP contribution < -0.4 is 10.6 Å². The van der Waals surface area contributed by atoms with Crippen LogP contribution in [0.4, 0.5) is 0 Å². The van der Waals surface area contributed by atoms with Gasteiger partial charge >= 0.3 is 5.97 Å². The molecule has 18 atom stereocenters. The summed E-state index contributed by atoms with van der Waals surface area (Å²) in [5.41, 5.74) is 0. The Balaban J connectivity index is 1.50. The number of aliphatic hydroxyl groups is 11. The van der Waals surface area contributed by atoms with Gasteiger partial charge in [-0.1, -0.05) is 321 Å². The number of carboxylic acid groups (broad SMARTS) is 1. The molecule has 612 valence electrons. The first-order valence-corrected chi connectivity index (χ1v) is 42.1. The maximum atomic E-state index is 13.6. The number of hydrogen-bond acceptors (Lipinski definition) is 20. The quantitative estimate of drug-likeness (QED) is 0.0199. The monoisotopic (exact) mass is 1490 g/mol. The molecule has 0 bridgehead atoms. The number of carbonyl (C=O) groups is 3. The fourth-order valence-electron chi connectivity index (χ4n) is 14.8. The fourth-order valence-corrected chi connectivity index (χ4v) is 14.8. The van der Waals surface area contributed by atoms with E-state index in [9.17, 15) is 75.7 Å². The van der Waals surface area contributed by atoms with Crippen LogP contribution in [0.25, 0.3) is 0 Å². The average molecular weight is 1490 g/mol. The Morgan fingerprint density at radius 3 is 1.28 bits per heavy atom. The molecule has 3 aliphatic rings. The van der Waals surface area contributed by atoms with Gasteiger partial charge in [0.2, 0.25) is 11.8 Å². The third-order valence-electron chi connectivity index (χ3n) is 21.5. The van der Waals surface area contributed by atoms with Crippen LogP contribution in [0, 0.1) is 0 Å². The zero-order valence-electron chi connectivity index (χ0n) is 64.9. The van der Waals surface area contributed by atoms with Gasteiger partial charge in [0, 0.05) is 19.8 Å². The van der Waals surface area contributed by atoms with Gasteiger partial charge in [-0.15, -0.1) is 0 Å². The van der Waals surface area contributed by atoms with Crippen molar-refractivity contribution in [2.24, 2.45) is 0 Å². The lowest BCUT2D eigenvalue weighted by molar-refractivity contribution is -0.386. The smallest absolute Gasteiger partial charge is 0.364 e. The number of unbranched alkanes of at least 4 members (excludes halogenated alkanes) is 47. The van der Waals surface area contributed by atoms with Gasteiger partial charge in [0.15, 0.2) is 12.6 Å². The largest absolute Gasteiger partial charge is 0.477 e. The van der Waals surface area contributed by atoms with Crippen LogP contribution in [0.3, 0.4) is 0 Å². The van der Waals surface area contributed by atoms with E-state index >= 15 is 0 Å². The summed E-state index contributed by atoms with van der Waals surface area (Å²) < 4.78 is 35.0. The Kier molecular flexibility index (Phi) is 55.4. The number of allylic oxidation sites excluding steroid dienone is 1. The van der Waals surface area contributed by atoms with Gasteiger partial charge in [-0.25, -0.2) is 4.79 Å². The van der Waals surface area contributed by atoms with E-state index in [0.717, 1.165) is 51.9 Å². The highest BCUT2D eigenvalue weighted by Gasteiger charge is 2.60. The third kappa shape index (κ3) is 39.9. The Hall–Kier alpha value is -2.53. The summed E-state index contributed by atoms with van der Waals surface area (Å²) in [6.45, 7) is 2.21. The number of aliphatic hydroxyl groups excluding tert-OH is 11.